The Labute approximate surface area is 106 Å². The Kier molecular flexibility index (Phi) is 5.53. The summed E-state index contributed by atoms with van der Waals surface area (Å²) in [5, 5.41) is 3.78. The Morgan fingerprint density at radius 2 is 1.81 bits per heavy atom. The fraction of sp³-hybridized carbons (Fsp3) is 0.462. The van der Waals surface area contributed by atoms with Crippen LogP contribution in [0.1, 0.15) is 32.3 Å². The van der Waals surface area contributed by atoms with Gasteiger partial charge < -0.3 is 5.32 Å². The molecule has 0 aliphatic rings. The largest absolute Gasteiger partial charge is 0.326 e. The lowest BCUT2D eigenvalue weighted by atomic mass is 10.0. The Morgan fingerprint density at radius 3 is 2.25 bits per heavy atom. The number of carbonyl (C=O) groups excluding carboxylic acids is 1. The Morgan fingerprint density at radius 1 is 1.25 bits per heavy atom. The van der Waals surface area contributed by atoms with E-state index in [9.17, 15) is 4.79 Å². The average Bonchev–Trinajstić information content (AvgIpc) is 2.31. The number of rotatable bonds is 5. The van der Waals surface area contributed by atoms with Crippen LogP contribution in [-0.2, 0) is 10.1 Å². The molecule has 0 saturated carbocycles. The topological polar surface area (TPSA) is 29.1 Å². The van der Waals surface area contributed by atoms with Crippen LogP contribution in [0.2, 0.25) is 0 Å². The summed E-state index contributed by atoms with van der Waals surface area (Å²) in [5.41, 5.74) is 2.09. The molecular weight excluding hydrogens is 266 g/mol. The predicted molar refractivity (Wildman–Crippen MR) is 71.8 cm³/mol. The van der Waals surface area contributed by atoms with Crippen molar-refractivity contribution in [3.8, 4) is 0 Å². The van der Waals surface area contributed by atoms with Crippen LogP contribution >= 0.6 is 15.9 Å². The summed E-state index contributed by atoms with van der Waals surface area (Å²) in [7, 11) is 0. The predicted octanol–water partition coefficient (Wildman–Crippen LogP) is 3.96. The Hall–Kier alpha value is -0.830. The smallest absolute Gasteiger partial charge is 0.227 e. The fourth-order valence-corrected chi connectivity index (χ4v) is 1.95. The number of hydrogen-bond acceptors (Lipinski definition) is 1. The van der Waals surface area contributed by atoms with Gasteiger partial charge in [-0.15, -0.1) is 0 Å². The monoisotopic (exact) mass is 283 g/mol. The second kappa shape index (κ2) is 6.69. The highest BCUT2D eigenvalue weighted by molar-refractivity contribution is 9.08. The molecular formula is C13H18BrNO. The number of alkyl halides is 1. The van der Waals surface area contributed by atoms with E-state index in [-0.39, 0.29) is 11.8 Å². The second-order valence-corrected chi connectivity index (χ2v) is 4.39. The normalized spacial score (nSPS) is 10.5. The molecule has 0 fully saturated rings. The van der Waals surface area contributed by atoms with Gasteiger partial charge in [-0.1, -0.05) is 41.9 Å². The third-order valence-corrected chi connectivity index (χ3v) is 3.38. The number of hydrogen-bond donors (Lipinski definition) is 1. The molecule has 3 heteroatoms. The van der Waals surface area contributed by atoms with Crippen LogP contribution in [0.5, 0.6) is 0 Å². The van der Waals surface area contributed by atoms with Crippen molar-refractivity contribution >= 4 is 27.5 Å². The quantitative estimate of drug-likeness (QED) is 0.815. The van der Waals surface area contributed by atoms with Crippen LogP contribution in [-0.4, -0.2) is 5.91 Å². The van der Waals surface area contributed by atoms with Crippen LogP contribution in [0.4, 0.5) is 5.69 Å². The maximum absolute atomic E-state index is 11.8. The molecule has 0 saturated heterocycles. The number of halogens is 1. The van der Waals surface area contributed by atoms with E-state index in [1.807, 2.05) is 38.1 Å². The van der Waals surface area contributed by atoms with Crippen molar-refractivity contribution in [1.82, 2.24) is 0 Å². The van der Waals surface area contributed by atoms with Gasteiger partial charge in [0, 0.05) is 16.9 Å². The van der Waals surface area contributed by atoms with Gasteiger partial charge in [-0.3, -0.25) is 4.79 Å². The zero-order valence-electron chi connectivity index (χ0n) is 9.79. The summed E-state index contributed by atoms with van der Waals surface area (Å²) >= 11 is 3.39. The van der Waals surface area contributed by atoms with E-state index in [1.54, 1.807) is 0 Å². The molecule has 1 aromatic carbocycles. The first-order chi connectivity index (χ1) is 7.71. The summed E-state index contributed by atoms with van der Waals surface area (Å²) in [4.78, 5) is 11.8. The maximum Gasteiger partial charge on any atom is 0.227 e. The van der Waals surface area contributed by atoms with E-state index < -0.39 is 0 Å². The first kappa shape index (κ1) is 13.2. The lowest BCUT2D eigenvalue weighted by Crippen LogP contribution is -2.21. The lowest BCUT2D eigenvalue weighted by molar-refractivity contribution is -0.120. The highest BCUT2D eigenvalue weighted by Gasteiger charge is 2.13. The van der Waals surface area contributed by atoms with E-state index in [1.165, 1.54) is 5.56 Å². The minimum Gasteiger partial charge on any atom is -0.326 e. The molecule has 16 heavy (non-hydrogen) atoms. The van der Waals surface area contributed by atoms with Crippen molar-refractivity contribution in [3.05, 3.63) is 29.8 Å². The van der Waals surface area contributed by atoms with Crippen molar-refractivity contribution in [2.45, 2.75) is 32.0 Å². The molecule has 2 nitrogen and oxygen atoms in total. The Bertz CT molecular complexity index is 330. The molecule has 0 atom stereocenters. The number of benzene rings is 1. The zero-order chi connectivity index (χ0) is 12.0. The van der Waals surface area contributed by atoms with E-state index in [4.69, 9.17) is 0 Å². The minimum atomic E-state index is 0.121. The van der Waals surface area contributed by atoms with E-state index in [2.05, 4.69) is 21.2 Å². The molecule has 0 spiro atoms. The maximum atomic E-state index is 11.8. The van der Waals surface area contributed by atoms with Crippen molar-refractivity contribution in [2.24, 2.45) is 5.92 Å². The highest BCUT2D eigenvalue weighted by Crippen LogP contribution is 2.15. The van der Waals surface area contributed by atoms with Crippen molar-refractivity contribution in [3.63, 3.8) is 0 Å². The van der Waals surface area contributed by atoms with Crippen molar-refractivity contribution < 1.29 is 4.79 Å². The van der Waals surface area contributed by atoms with Gasteiger partial charge in [-0.25, -0.2) is 0 Å². The molecule has 0 heterocycles. The summed E-state index contributed by atoms with van der Waals surface area (Å²) in [6.07, 6.45) is 1.78. The van der Waals surface area contributed by atoms with Crippen molar-refractivity contribution in [2.75, 3.05) is 5.32 Å². The molecule has 0 unspecified atom stereocenters. The first-order valence-electron chi connectivity index (χ1n) is 5.67. The third kappa shape index (κ3) is 3.63. The van der Waals surface area contributed by atoms with Gasteiger partial charge >= 0.3 is 0 Å². The van der Waals surface area contributed by atoms with Crippen LogP contribution in [0.3, 0.4) is 0 Å². The number of carbonyl (C=O) groups is 1. The van der Waals surface area contributed by atoms with Gasteiger partial charge in [-0.05, 0) is 30.5 Å². The van der Waals surface area contributed by atoms with Crippen LogP contribution in [0, 0.1) is 5.92 Å². The van der Waals surface area contributed by atoms with Crippen LogP contribution < -0.4 is 5.32 Å². The van der Waals surface area contributed by atoms with E-state index in [0.29, 0.717) is 0 Å². The van der Waals surface area contributed by atoms with E-state index >= 15 is 0 Å². The lowest BCUT2D eigenvalue weighted by Gasteiger charge is -2.12. The molecule has 1 amide bonds. The molecule has 1 aromatic rings. The molecule has 0 radical (unpaired) electrons. The number of anilines is 1. The molecule has 0 aliphatic carbocycles. The first-order valence-corrected chi connectivity index (χ1v) is 6.79. The van der Waals surface area contributed by atoms with Gasteiger partial charge in [0.2, 0.25) is 5.91 Å². The fourth-order valence-electron chi connectivity index (χ4n) is 1.58. The van der Waals surface area contributed by atoms with Crippen molar-refractivity contribution in [1.29, 1.82) is 0 Å². The van der Waals surface area contributed by atoms with Crippen LogP contribution in [0.15, 0.2) is 24.3 Å². The summed E-state index contributed by atoms with van der Waals surface area (Å²) < 4.78 is 0. The molecule has 1 rings (SSSR count). The third-order valence-electron chi connectivity index (χ3n) is 2.73. The highest BCUT2D eigenvalue weighted by atomic mass is 79.9. The molecule has 0 aromatic heterocycles. The number of amides is 1. The standard InChI is InChI=1S/C13H18BrNO/c1-3-11(4-2)13(16)15-12-7-5-10(9-14)6-8-12/h5-8,11H,3-4,9H2,1-2H3,(H,15,16). The Balaban J connectivity index is 2.62. The SMILES string of the molecule is CCC(CC)C(=O)Nc1ccc(CBr)cc1. The molecule has 0 bridgehead atoms. The minimum absolute atomic E-state index is 0.121. The molecule has 1 N–H and O–H groups in total. The second-order valence-electron chi connectivity index (χ2n) is 3.83. The molecule has 0 aliphatic heterocycles. The number of nitrogens with one attached hydrogen (secondary N) is 1. The average molecular weight is 284 g/mol. The van der Waals surface area contributed by atoms with Crippen LogP contribution in [0.25, 0.3) is 0 Å². The summed E-state index contributed by atoms with van der Waals surface area (Å²) in [5.74, 6) is 0.243. The molecule has 88 valence electrons. The summed E-state index contributed by atoms with van der Waals surface area (Å²) in [6, 6.07) is 7.91. The van der Waals surface area contributed by atoms with Gasteiger partial charge in [0.1, 0.15) is 0 Å². The van der Waals surface area contributed by atoms with Gasteiger partial charge in [0.05, 0.1) is 0 Å². The van der Waals surface area contributed by atoms with Gasteiger partial charge in [0.25, 0.3) is 0 Å². The van der Waals surface area contributed by atoms with Gasteiger partial charge in [-0.2, -0.15) is 0 Å². The zero-order valence-corrected chi connectivity index (χ0v) is 11.4. The van der Waals surface area contributed by atoms with Gasteiger partial charge in [0.15, 0.2) is 0 Å². The van der Waals surface area contributed by atoms with E-state index in [0.717, 1.165) is 23.9 Å². The summed E-state index contributed by atoms with van der Waals surface area (Å²) in [6.45, 7) is 4.09.